The van der Waals surface area contributed by atoms with Crippen molar-refractivity contribution in [3.63, 3.8) is 0 Å². The molecule has 3 saturated heterocycles. The number of hydrogen-bond acceptors (Lipinski definition) is 9. The number of alkyl halides is 3. The van der Waals surface area contributed by atoms with Gasteiger partial charge >= 0.3 is 12.2 Å². The molecule has 4 aromatic rings. The van der Waals surface area contributed by atoms with Crippen molar-refractivity contribution in [1.82, 2.24) is 19.8 Å². The minimum Gasteiger partial charge on any atom is -0.508 e. The molecule has 13 heteroatoms. The number of phenolic OH excluding ortho intramolecular Hbond substituents is 1. The van der Waals surface area contributed by atoms with Crippen molar-refractivity contribution in [2.75, 3.05) is 71.0 Å². The number of rotatable bonds is 11. The highest BCUT2D eigenvalue weighted by Gasteiger charge is 2.46. The average molecular weight is 746 g/mol. The maximum Gasteiger partial charge on any atom is 0.422 e. The molecule has 3 aromatic carbocycles. The fourth-order valence-corrected chi connectivity index (χ4v) is 8.48. The predicted octanol–water partition coefficient (Wildman–Crippen LogP) is 7.08. The average Bonchev–Trinajstić information content (AvgIpc) is 4.00. The van der Waals surface area contributed by atoms with Gasteiger partial charge < -0.3 is 34.0 Å². The number of carbonyl (C=O) groups is 1. The van der Waals surface area contributed by atoms with E-state index in [1.807, 2.05) is 35.2 Å². The van der Waals surface area contributed by atoms with E-state index >= 15 is 0 Å². The summed E-state index contributed by atoms with van der Waals surface area (Å²) in [5.74, 6) is 0.649. The van der Waals surface area contributed by atoms with E-state index in [0.29, 0.717) is 55.1 Å². The van der Waals surface area contributed by atoms with Crippen LogP contribution in [0.5, 0.6) is 17.5 Å². The van der Waals surface area contributed by atoms with E-state index in [-0.39, 0.29) is 46.4 Å². The Morgan fingerprint density at radius 1 is 1.02 bits per heavy atom. The van der Waals surface area contributed by atoms with Gasteiger partial charge in [0, 0.05) is 69.3 Å². The largest absolute Gasteiger partial charge is 0.508 e. The summed E-state index contributed by atoms with van der Waals surface area (Å²) >= 11 is 0. The molecular formula is C41H46F3N5O5. The van der Waals surface area contributed by atoms with Gasteiger partial charge in [0.05, 0.1) is 6.61 Å². The molecule has 0 radical (unpaired) electrons. The smallest absolute Gasteiger partial charge is 0.422 e. The number of anilines is 1. The number of halogens is 3. The van der Waals surface area contributed by atoms with E-state index < -0.39 is 12.8 Å². The molecule has 54 heavy (non-hydrogen) atoms. The maximum atomic E-state index is 14.1. The zero-order chi connectivity index (χ0) is 37.6. The van der Waals surface area contributed by atoms with E-state index in [1.54, 1.807) is 19.2 Å². The maximum absolute atomic E-state index is 14.1. The van der Waals surface area contributed by atoms with Crippen LogP contribution in [0, 0.1) is 5.41 Å². The number of ether oxygens (including phenoxy) is 3. The van der Waals surface area contributed by atoms with Crippen LogP contribution in [0.25, 0.3) is 32.8 Å². The third-order valence-electron chi connectivity index (χ3n) is 11.5. The number of fused-ring (bicyclic) bond motifs is 2. The second kappa shape index (κ2) is 14.6. The minimum absolute atomic E-state index is 0.00292. The molecule has 1 saturated carbocycles. The first-order valence-electron chi connectivity index (χ1n) is 18.9. The molecule has 1 aromatic heterocycles. The number of methoxy groups -OCH3 is 1. The molecule has 10 nitrogen and oxygen atoms in total. The lowest BCUT2D eigenvalue weighted by Crippen LogP contribution is -2.61. The van der Waals surface area contributed by atoms with Crippen LogP contribution >= 0.6 is 0 Å². The van der Waals surface area contributed by atoms with Gasteiger partial charge in [-0.25, -0.2) is 0 Å². The van der Waals surface area contributed by atoms with Crippen molar-refractivity contribution in [3.8, 4) is 28.6 Å². The number of likely N-dealkylation sites (tertiary alicyclic amines) is 2. The molecule has 1 N–H and O–H groups in total. The first-order valence-corrected chi connectivity index (χ1v) is 18.9. The molecule has 0 unspecified atom stereocenters. The van der Waals surface area contributed by atoms with E-state index in [1.165, 1.54) is 6.08 Å². The molecule has 0 atom stereocenters. The van der Waals surface area contributed by atoms with Crippen LogP contribution in [0.2, 0.25) is 0 Å². The van der Waals surface area contributed by atoms with Crippen molar-refractivity contribution in [2.24, 2.45) is 5.41 Å². The number of aromatic nitrogens is 2. The van der Waals surface area contributed by atoms with E-state index in [2.05, 4.69) is 16.4 Å². The number of amides is 1. The fraction of sp³-hybridized carbons (Fsp3) is 0.488. The molecule has 1 spiro atoms. The number of hydrogen-bond donors (Lipinski definition) is 1. The van der Waals surface area contributed by atoms with E-state index in [0.717, 1.165) is 74.5 Å². The van der Waals surface area contributed by atoms with E-state index in [4.69, 9.17) is 24.2 Å². The molecule has 4 aliphatic rings. The van der Waals surface area contributed by atoms with E-state index in [9.17, 15) is 23.1 Å². The number of carbonyl (C=O) groups excluding carboxylic acids is 1. The highest BCUT2D eigenvalue weighted by molar-refractivity contribution is 6.06. The molecular weight excluding hydrogens is 699 g/mol. The zero-order valence-corrected chi connectivity index (χ0v) is 30.5. The molecule has 3 aliphatic heterocycles. The number of piperidine rings is 2. The Morgan fingerprint density at radius 3 is 2.44 bits per heavy atom. The third-order valence-corrected chi connectivity index (χ3v) is 11.5. The monoisotopic (exact) mass is 745 g/mol. The summed E-state index contributed by atoms with van der Waals surface area (Å²) in [4.78, 5) is 28.5. The quantitative estimate of drug-likeness (QED) is 0.162. The van der Waals surface area contributed by atoms with Gasteiger partial charge in [-0.1, -0.05) is 30.8 Å². The summed E-state index contributed by atoms with van der Waals surface area (Å²) < 4.78 is 59.9. The normalized spacial score (nSPS) is 19.3. The third kappa shape index (κ3) is 7.40. The van der Waals surface area contributed by atoms with Gasteiger partial charge in [0.2, 0.25) is 5.91 Å². The van der Waals surface area contributed by atoms with Gasteiger partial charge in [0.25, 0.3) is 0 Å². The second-order valence-corrected chi connectivity index (χ2v) is 15.3. The lowest BCUT2D eigenvalue weighted by Gasteiger charge is -2.54. The number of benzene rings is 3. The van der Waals surface area contributed by atoms with Crippen LogP contribution in [0.3, 0.4) is 0 Å². The van der Waals surface area contributed by atoms with Crippen LogP contribution < -0.4 is 14.4 Å². The summed E-state index contributed by atoms with van der Waals surface area (Å²) in [6, 6.07) is 12.9. The van der Waals surface area contributed by atoms with Crippen molar-refractivity contribution in [1.29, 1.82) is 0 Å². The van der Waals surface area contributed by atoms with Crippen molar-refractivity contribution in [2.45, 2.75) is 56.7 Å². The summed E-state index contributed by atoms with van der Waals surface area (Å²) in [5, 5.41) is 13.1. The Balaban J connectivity index is 1.25. The first kappa shape index (κ1) is 36.4. The van der Waals surface area contributed by atoms with Crippen LogP contribution in [0.4, 0.5) is 19.0 Å². The van der Waals surface area contributed by atoms with Crippen LogP contribution in [-0.4, -0.2) is 109 Å². The van der Waals surface area contributed by atoms with Crippen molar-refractivity contribution in [3.05, 3.63) is 60.7 Å². The van der Waals surface area contributed by atoms with Crippen LogP contribution in [0.15, 0.2) is 55.1 Å². The highest BCUT2D eigenvalue weighted by Crippen LogP contribution is 2.53. The number of aromatic hydroxyl groups is 1. The van der Waals surface area contributed by atoms with Gasteiger partial charge in [-0.2, -0.15) is 23.1 Å². The highest BCUT2D eigenvalue weighted by atomic mass is 19.4. The van der Waals surface area contributed by atoms with Gasteiger partial charge in [0.1, 0.15) is 23.2 Å². The fourth-order valence-electron chi connectivity index (χ4n) is 8.48. The van der Waals surface area contributed by atoms with Crippen molar-refractivity contribution < 1.29 is 37.3 Å². The predicted molar refractivity (Wildman–Crippen MR) is 200 cm³/mol. The minimum atomic E-state index is -4.61. The van der Waals surface area contributed by atoms with Crippen LogP contribution in [-0.2, 0) is 9.53 Å². The van der Waals surface area contributed by atoms with Crippen LogP contribution in [0.1, 0.15) is 50.0 Å². The van der Waals surface area contributed by atoms with Gasteiger partial charge in [-0.15, -0.1) is 0 Å². The van der Waals surface area contributed by atoms with Gasteiger partial charge in [0.15, 0.2) is 12.4 Å². The zero-order valence-electron chi connectivity index (χ0n) is 30.5. The standard InChI is InChI=1S/C41H46F3N5O5/c1-3-34(51)49-23-40(24-49)12-16-48(17-13-40)38-33-22-31(26-8-9-26)35(32-21-28(50)20-27-6-4-5-7-30(27)32)37(53-25-41(42,43)44)36(33)45-39(46-38)54-29-10-14-47(15-11-29)18-19-52-2/h3-7,20-22,26,29,50H,1,8-19,23-25H2,2H3. The summed E-state index contributed by atoms with van der Waals surface area (Å²) in [6.45, 7) is 7.86. The molecule has 4 fully saturated rings. The van der Waals surface area contributed by atoms with Gasteiger partial charge in [-0.3, -0.25) is 4.79 Å². The Labute approximate surface area is 312 Å². The lowest BCUT2D eigenvalue weighted by atomic mass is 9.72. The Bertz CT molecular complexity index is 2050. The first-order chi connectivity index (χ1) is 26.0. The molecule has 1 amide bonds. The summed E-state index contributed by atoms with van der Waals surface area (Å²) in [5.41, 5.74) is 2.19. The number of phenols is 1. The van der Waals surface area contributed by atoms with Gasteiger partial charge in [-0.05, 0) is 90.6 Å². The van der Waals surface area contributed by atoms with Crippen molar-refractivity contribution >= 4 is 33.4 Å². The number of nitrogens with zero attached hydrogens (tertiary/aromatic N) is 5. The molecule has 0 bridgehead atoms. The Morgan fingerprint density at radius 2 is 1.76 bits per heavy atom. The summed E-state index contributed by atoms with van der Waals surface area (Å²) in [7, 11) is 1.69. The lowest BCUT2D eigenvalue weighted by molar-refractivity contribution is -0.153. The Kier molecular flexibility index (Phi) is 9.80. The second-order valence-electron chi connectivity index (χ2n) is 15.3. The summed E-state index contributed by atoms with van der Waals surface area (Å²) in [6.07, 6.45) is 1.45. The molecule has 286 valence electrons. The Hall–Kier alpha value is -4.62. The molecule has 8 rings (SSSR count). The molecule has 4 heterocycles. The topological polar surface area (TPSA) is 100 Å². The molecule has 1 aliphatic carbocycles. The SMILES string of the molecule is C=CC(=O)N1CC2(CCN(c3nc(OC4CCN(CCOC)CC4)nc4c(OCC(F)(F)F)c(-c5cc(O)cc6ccccc56)c(C5CC5)cc34)CC2)C1.